The van der Waals surface area contributed by atoms with Gasteiger partial charge < -0.3 is 10.6 Å². The predicted octanol–water partition coefficient (Wildman–Crippen LogP) is 2.57. The number of hydrogen-bond donors (Lipinski definition) is 2. The van der Waals surface area contributed by atoms with Crippen LogP contribution in [0.3, 0.4) is 0 Å². The van der Waals surface area contributed by atoms with Crippen LogP contribution < -0.4 is 10.6 Å². The average molecular weight is 282 g/mol. The van der Waals surface area contributed by atoms with Crippen molar-refractivity contribution in [2.24, 2.45) is 17.8 Å². The van der Waals surface area contributed by atoms with Gasteiger partial charge in [0, 0.05) is 0 Å². The van der Waals surface area contributed by atoms with Gasteiger partial charge in [-0.15, -0.1) is 0 Å². The third-order valence-electron chi connectivity index (χ3n) is 3.23. The molecular formula is C13H25F3N2O. The van der Waals surface area contributed by atoms with E-state index >= 15 is 0 Å². The standard InChI is InChI=1S/C13H25F3N2O/c1-8(2)11(9(3)4)6-17-10(5)12(19)18-7-13(14,15)16/h8-11,17H,6-7H2,1-5H3,(H,18,19). The van der Waals surface area contributed by atoms with Crippen LogP contribution in [0.5, 0.6) is 0 Å². The highest BCUT2D eigenvalue weighted by atomic mass is 19.4. The fourth-order valence-corrected chi connectivity index (χ4v) is 1.99. The first-order valence-electron chi connectivity index (χ1n) is 6.62. The number of carbonyl (C=O) groups is 1. The molecule has 0 spiro atoms. The van der Waals surface area contributed by atoms with E-state index in [1.54, 1.807) is 6.92 Å². The fraction of sp³-hybridized carbons (Fsp3) is 0.923. The molecule has 0 radical (unpaired) electrons. The molecule has 0 aromatic carbocycles. The Bertz CT molecular complexity index is 270. The molecular weight excluding hydrogens is 257 g/mol. The van der Waals surface area contributed by atoms with E-state index in [-0.39, 0.29) is 0 Å². The van der Waals surface area contributed by atoms with E-state index in [0.717, 1.165) is 0 Å². The Morgan fingerprint density at radius 1 is 1.05 bits per heavy atom. The normalized spacial score (nSPS) is 14.3. The van der Waals surface area contributed by atoms with Gasteiger partial charge in [-0.1, -0.05) is 27.7 Å². The SMILES string of the molecule is CC(NCC(C(C)C)C(C)C)C(=O)NCC(F)(F)F. The van der Waals surface area contributed by atoms with E-state index in [4.69, 9.17) is 0 Å². The van der Waals surface area contributed by atoms with Crippen LogP contribution in [-0.2, 0) is 4.79 Å². The summed E-state index contributed by atoms with van der Waals surface area (Å²) in [5.74, 6) is 0.678. The van der Waals surface area contributed by atoms with Crippen LogP contribution in [0.4, 0.5) is 13.2 Å². The molecule has 0 saturated heterocycles. The number of halogens is 3. The molecule has 0 aromatic heterocycles. The van der Waals surface area contributed by atoms with E-state index in [0.29, 0.717) is 24.3 Å². The van der Waals surface area contributed by atoms with Crippen molar-refractivity contribution in [3.8, 4) is 0 Å². The van der Waals surface area contributed by atoms with Crippen LogP contribution in [0.1, 0.15) is 34.6 Å². The molecule has 1 amide bonds. The Balaban J connectivity index is 4.15. The maximum atomic E-state index is 12.0. The lowest BCUT2D eigenvalue weighted by molar-refractivity contribution is -0.139. The quantitative estimate of drug-likeness (QED) is 0.753. The number of alkyl halides is 3. The zero-order chi connectivity index (χ0) is 15.2. The fourth-order valence-electron chi connectivity index (χ4n) is 1.99. The highest BCUT2D eigenvalue weighted by molar-refractivity contribution is 5.81. The molecule has 0 aliphatic carbocycles. The first kappa shape index (κ1) is 18.2. The Morgan fingerprint density at radius 2 is 1.53 bits per heavy atom. The first-order chi connectivity index (χ1) is 8.54. The zero-order valence-electron chi connectivity index (χ0n) is 12.3. The second-order valence-corrected chi connectivity index (χ2v) is 5.61. The lowest BCUT2D eigenvalue weighted by Crippen LogP contribution is -2.47. The van der Waals surface area contributed by atoms with E-state index < -0.39 is 24.7 Å². The molecule has 1 atom stereocenters. The zero-order valence-corrected chi connectivity index (χ0v) is 12.3. The van der Waals surface area contributed by atoms with Crippen LogP contribution in [0.25, 0.3) is 0 Å². The highest BCUT2D eigenvalue weighted by Gasteiger charge is 2.29. The van der Waals surface area contributed by atoms with Crippen molar-refractivity contribution in [1.82, 2.24) is 10.6 Å². The van der Waals surface area contributed by atoms with Gasteiger partial charge in [-0.05, 0) is 31.2 Å². The Labute approximate surface area is 113 Å². The first-order valence-corrected chi connectivity index (χ1v) is 6.62. The molecule has 0 aromatic rings. The number of hydrogen-bond acceptors (Lipinski definition) is 2. The summed E-state index contributed by atoms with van der Waals surface area (Å²) in [5.41, 5.74) is 0. The summed E-state index contributed by atoms with van der Waals surface area (Å²) in [4.78, 5) is 11.5. The van der Waals surface area contributed by atoms with Crippen LogP contribution in [0, 0.1) is 17.8 Å². The summed E-state index contributed by atoms with van der Waals surface area (Å²) < 4.78 is 35.9. The van der Waals surface area contributed by atoms with Gasteiger partial charge >= 0.3 is 6.18 Å². The third kappa shape index (κ3) is 8.08. The molecule has 0 aliphatic heterocycles. The van der Waals surface area contributed by atoms with Crippen LogP contribution >= 0.6 is 0 Å². The molecule has 2 N–H and O–H groups in total. The van der Waals surface area contributed by atoms with E-state index in [2.05, 4.69) is 33.0 Å². The van der Waals surface area contributed by atoms with Gasteiger partial charge in [-0.3, -0.25) is 4.79 Å². The summed E-state index contributed by atoms with van der Waals surface area (Å²) in [5, 5.41) is 4.88. The number of amides is 1. The van der Waals surface area contributed by atoms with Crippen LogP contribution in [0.15, 0.2) is 0 Å². The van der Waals surface area contributed by atoms with Crippen molar-refractivity contribution < 1.29 is 18.0 Å². The van der Waals surface area contributed by atoms with Crippen LogP contribution in [-0.4, -0.2) is 31.2 Å². The van der Waals surface area contributed by atoms with Crippen molar-refractivity contribution in [3.63, 3.8) is 0 Å². The van der Waals surface area contributed by atoms with E-state index in [9.17, 15) is 18.0 Å². The van der Waals surface area contributed by atoms with Gasteiger partial charge in [0.1, 0.15) is 6.54 Å². The molecule has 0 aliphatic rings. The predicted molar refractivity (Wildman–Crippen MR) is 69.7 cm³/mol. The maximum absolute atomic E-state index is 12.0. The lowest BCUT2D eigenvalue weighted by atomic mass is 9.85. The average Bonchev–Trinajstić information content (AvgIpc) is 2.23. The summed E-state index contributed by atoms with van der Waals surface area (Å²) in [6, 6.07) is -0.623. The van der Waals surface area contributed by atoms with E-state index in [1.807, 2.05) is 5.32 Å². The molecule has 0 heterocycles. The monoisotopic (exact) mass is 282 g/mol. The van der Waals surface area contributed by atoms with Crippen molar-refractivity contribution in [1.29, 1.82) is 0 Å². The van der Waals surface area contributed by atoms with Crippen molar-refractivity contribution in [2.75, 3.05) is 13.1 Å². The van der Waals surface area contributed by atoms with Gasteiger partial charge in [0.05, 0.1) is 6.04 Å². The summed E-state index contributed by atoms with van der Waals surface area (Å²) in [6.45, 7) is 9.30. The molecule has 6 heteroatoms. The van der Waals surface area contributed by atoms with Gasteiger partial charge in [0.25, 0.3) is 0 Å². The molecule has 3 nitrogen and oxygen atoms in total. The molecule has 114 valence electrons. The largest absolute Gasteiger partial charge is 0.405 e. The second kappa shape index (κ2) is 7.72. The van der Waals surface area contributed by atoms with Gasteiger partial charge in [-0.25, -0.2) is 0 Å². The van der Waals surface area contributed by atoms with Crippen molar-refractivity contribution in [3.05, 3.63) is 0 Å². The highest BCUT2D eigenvalue weighted by Crippen LogP contribution is 2.19. The summed E-state index contributed by atoms with van der Waals surface area (Å²) in [6.07, 6.45) is -4.37. The molecule has 0 fully saturated rings. The number of rotatable bonds is 7. The molecule has 0 bridgehead atoms. The smallest absolute Gasteiger partial charge is 0.346 e. The van der Waals surface area contributed by atoms with Crippen molar-refractivity contribution in [2.45, 2.75) is 46.8 Å². The lowest BCUT2D eigenvalue weighted by Gasteiger charge is -2.26. The molecule has 19 heavy (non-hydrogen) atoms. The molecule has 0 saturated carbocycles. The number of carbonyl (C=O) groups excluding carboxylic acids is 1. The van der Waals surface area contributed by atoms with E-state index in [1.165, 1.54) is 0 Å². The summed E-state index contributed by atoms with van der Waals surface area (Å²) in [7, 11) is 0. The Hall–Kier alpha value is -0.780. The Kier molecular flexibility index (Phi) is 7.41. The topological polar surface area (TPSA) is 41.1 Å². The minimum atomic E-state index is -4.37. The second-order valence-electron chi connectivity index (χ2n) is 5.61. The van der Waals surface area contributed by atoms with Crippen molar-refractivity contribution >= 4 is 5.91 Å². The third-order valence-corrected chi connectivity index (χ3v) is 3.23. The number of nitrogens with one attached hydrogen (secondary N) is 2. The van der Waals surface area contributed by atoms with Gasteiger partial charge in [-0.2, -0.15) is 13.2 Å². The van der Waals surface area contributed by atoms with Gasteiger partial charge in [0.2, 0.25) is 5.91 Å². The van der Waals surface area contributed by atoms with Crippen LogP contribution in [0.2, 0.25) is 0 Å². The Morgan fingerprint density at radius 3 is 1.89 bits per heavy atom. The minimum absolute atomic E-state index is 0.387. The summed E-state index contributed by atoms with van der Waals surface area (Å²) >= 11 is 0. The molecule has 1 unspecified atom stereocenters. The molecule has 0 rings (SSSR count). The maximum Gasteiger partial charge on any atom is 0.405 e. The minimum Gasteiger partial charge on any atom is -0.346 e. The van der Waals surface area contributed by atoms with Gasteiger partial charge in [0.15, 0.2) is 0 Å².